The van der Waals surface area contributed by atoms with E-state index in [0.29, 0.717) is 5.25 Å². The zero-order chi connectivity index (χ0) is 8.81. The van der Waals surface area contributed by atoms with Gasteiger partial charge in [0.05, 0.1) is 6.61 Å². The molecule has 66 valence electrons. The van der Waals surface area contributed by atoms with E-state index in [1.807, 2.05) is 19.1 Å². The second kappa shape index (κ2) is 5.17. The molecule has 0 saturated heterocycles. The molecule has 3 heteroatoms. The number of hydrogen-bond acceptors (Lipinski definition) is 3. The van der Waals surface area contributed by atoms with E-state index in [1.165, 1.54) is 5.56 Å². The summed E-state index contributed by atoms with van der Waals surface area (Å²) in [6, 6.07) is 3.99. The van der Waals surface area contributed by atoms with Crippen LogP contribution < -0.4 is 0 Å². The Morgan fingerprint density at radius 1 is 1.50 bits per heavy atom. The van der Waals surface area contributed by atoms with Crippen molar-refractivity contribution in [1.29, 1.82) is 0 Å². The predicted molar refractivity (Wildman–Crippen MR) is 52.1 cm³/mol. The summed E-state index contributed by atoms with van der Waals surface area (Å²) in [7, 11) is 0. The quantitative estimate of drug-likeness (QED) is 0.771. The minimum absolute atomic E-state index is 0.246. The highest BCUT2D eigenvalue weighted by Gasteiger charge is 1.99. The Hall–Kier alpha value is -0.540. The van der Waals surface area contributed by atoms with E-state index >= 15 is 0 Å². The van der Waals surface area contributed by atoms with Gasteiger partial charge in [0.1, 0.15) is 0 Å². The number of rotatable bonds is 4. The van der Waals surface area contributed by atoms with Crippen LogP contribution in [0.2, 0.25) is 0 Å². The Morgan fingerprint density at radius 3 is 2.75 bits per heavy atom. The second-order valence-electron chi connectivity index (χ2n) is 2.66. The molecule has 0 aliphatic heterocycles. The zero-order valence-electron chi connectivity index (χ0n) is 7.10. The third-order valence-corrected chi connectivity index (χ3v) is 2.76. The molecule has 0 radical (unpaired) electrons. The molecule has 1 atom stereocenters. The maximum Gasteiger partial charge on any atom is 0.0547 e. The lowest BCUT2D eigenvalue weighted by molar-refractivity contribution is 0.300. The van der Waals surface area contributed by atoms with Gasteiger partial charge in [-0.1, -0.05) is 6.92 Å². The number of thioether (sulfide) groups is 1. The summed E-state index contributed by atoms with van der Waals surface area (Å²) < 4.78 is 0. The van der Waals surface area contributed by atoms with Crippen LogP contribution in [-0.2, 0) is 5.75 Å². The molecule has 1 heterocycles. The van der Waals surface area contributed by atoms with E-state index in [9.17, 15) is 0 Å². The Morgan fingerprint density at radius 2 is 2.17 bits per heavy atom. The molecule has 12 heavy (non-hydrogen) atoms. The van der Waals surface area contributed by atoms with Crippen LogP contribution in [0.3, 0.4) is 0 Å². The number of pyridine rings is 1. The van der Waals surface area contributed by atoms with Crippen LogP contribution in [0.1, 0.15) is 12.5 Å². The summed E-state index contributed by atoms with van der Waals surface area (Å²) in [6.45, 7) is 2.27. The highest BCUT2D eigenvalue weighted by atomic mass is 32.2. The first-order valence-corrected chi connectivity index (χ1v) is 4.99. The molecule has 1 unspecified atom stereocenters. The molecule has 1 rings (SSSR count). The van der Waals surface area contributed by atoms with Gasteiger partial charge in [0.15, 0.2) is 0 Å². The molecule has 0 amide bonds. The van der Waals surface area contributed by atoms with Crippen molar-refractivity contribution in [1.82, 2.24) is 4.98 Å². The zero-order valence-corrected chi connectivity index (χ0v) is 7.92. The van der Waals surface area contributed by atoms with E-state index in [2.05, 4.69) is 4.98 Å². The van der Waals surface area contributed by atoms with Crippen molar-refractivity contribution in [3.05, 3.63) is 30.1 Å². The summed E-state index contributed by atoms with van der Waals surface area (Å²) in [6.07, 6.45) is 3.58. The molecule has 0 aromatic carbocycles. The number of aliphatic hydroxyl groups excluding tert-OH is 1. The number of aromatic nitrogens is 1. The van der Waals surface area contributed by atoms with Crippen molar-refractivity contribution < 1.29 is 5.11 Å². The maximum atomic E-state index is 8.78. The minimum Gasteiger partial charge on any atom is -0.395 e. The van der Waals surface area contributed by atoms with Crippen molar-refractivity contribution in [3.8, 4) is 0 Å². The van der Waals surface area contributed by atoms with Crippen molar-refractivity contribution in [3.63, 3.8) is 0 Å². The van der Waals surface area contributed by atoms with Gasteiger partial charge in [0.25, 0.3) is 0 Å². The highest BCUT2D eigenvalue weighted by Crippen LogP contribution is 2.15. The molecule has 1 aromatic rings. The first-order chi connectivity index (χ1) is 5.83. The highest BCUT2D eigenvalue weighted by molar-refractivity contribution is 7.99. The first-order valence-electron chi connectivity index (χ1n) is 3.94. The van der Waals surface area contributed by atoms with Crippen LogP contribution in [0.15, 0.2) is 24.5 Å². The standard InChI is InChI=1S/C9H13NOS/c1-8(6-11)12-7-9-2-4-10-5-3-9/h2-5,8,11H,6-7H2,1H3. The topological polar surface area (TPSA) is 33.1 Å². The van der Waals surface area contributed by atoms with E-state index in [4.69, 9.17) is 5.11 Å². The SMILES string of the molecule is CC(CO)SCc1ccncc1. The summed E-state index contributed by atoms with van der Waals surface area (Å²) in [5, 5.41) is 9.10. The van der Waals surface area contributed by atoms with Crippen LogP contribution in [-0.4, -0.2) is 21.9 Å². The summed E-state index contributed by atoms with van der Waals surface area (Å²) in [4.78, 5) is 3.93. The fraction of sp³-hybridized carbons (Fsp3) is 0.444. The van der Waals surface area contributed by atoms with E-state index < -0.39 is 0 Å². The lowest BCUT2D eigenvalue weighted by Crippen LogP contribution is -2.02. The lowest BCUT2D eigenvalue weighted by atomic mass is 10.3. The fourth-order valence-electron chi connectivity index (χ4n) is 0.770. The van der Waals surface area contributed by atoms with Crippen molar-refractivity contribution in [2.45, 2.75) is 17.9 Å². The first kappa shape index (κ1) is 9.55. The summed E-state index contributed by atoms with van der Waals surface area (Å²) in [5.41, 5.74) is 1.26. The monoisotopic (exact) mass is 183 g/mol. The van der Waals surface area contributed by atoms with Crippen molar-refractivity contribution in [2.24, 2.45) is 0 Å². The Balaban J connectivity index is 2.33. The van der Waals surface area contributed by atoms with E-state index in [0.717, 1.165) is 5.75 Å². The number of aliphatic hydroxyl groups is 1. The van der Waals surface area contributed by atoms with Gasteiger partial charge in [-0.2, -0.15) is 11.8 Å². The van der Waals surface area contributed by atoms with Crippen molar-refractivity contribution >= 4 is 11.8 Å². The summed E-state index contributed by atoms with van der Waals surface area (Å²) in [5.74, 6) is 0.949. The Bertz CT molecular complexity index is 215. The molecule has 0 fully saturated rings. The van der Waals surface area contributed by atoms with E-state index in [-0.39, 0.29) is 6.61 Å². The van der Waals surface area contributed by atoms with Crippen LogP contribution in [0.5, 0.6) is 0 Å². The van der Waals surface area contributed by atoms with Gasteiger partial charge in [-0.05, 0) is 17.7 Å². The molecule has 0 bridgehead atoms. The maximum absolute atomic E-state index is 8.78. The third-order valence-electron chi connectivity index (χ3n) is 1.54. The van der Waals surface area contributed by atoms with Crippen LogP contribution >= 0.6 is 11.8 Å². The smallest absolute Gasteiger partial charge is 0.0547 e. The second-order valence-corrected chi connectivity index (χ2v) is 4.09. The van der Waals surface area contributed by atoms with Crippen LogP contribution in [0.25, 0.3) is 0 Å². The van der Waals surface area contributed by atoms with Crippen LogP contribution in [0.4, 0.5) is 0 Å². The number of nitrogens with zero attached hydrogens (tertiary/aromatic N) is 1. The van der Waals surface area contributed by atoms with Gasteiger partial charge in [0.2, 0.25) is 0 Å². The molecule has 1 aromatic heterocycles. The number of hydrogen-bond donors (Lipinski definition) is 1. The minimum atomic E-state index is 0.246. The normalized spacial score (nSPS) is 12.8. The lowest BCUT2D eigenvalue weighted by Gasteiger charge is -2.06. The Kier molecular flexibility index (Phi) is 4.11. The molecular formula is C9H13NOS. The third kappa shape index (κ3) is 3.24. The molecular weight excluding hydrogens is 170 g/mol. The van der Waals surface area contributed by atoms with Crippen LogP contribution in [0, 0.1) is 0 Å². The predicted octanol–water partition coefficient (Wildman–Crippen LogP) is 1.70. The van der Waals surface area contributed by atoms with Gasteiger partial charge in [-0.15, -0.1) is 0 Å². The Labute approximate surface area is 77.0 Å². The van der Waals surface area contributed by atoms with Gasteiger partial charge in [-0.3, -0.25) is 4.98 Å². The van der Waals surface area contributed by atoms with Gasteiger partial charge >= 0.3 is 0 Å². The average Bonchev–Trinajstić information content (AvgIpc) is 2.16. The largest absolute Gasteiger partial charge is 0.395 e. The fourth-order valence-corrected chi connectivity index (χ4v) is 1.55. The molecule has 0 aliphatic carbocycles. The molecule has 0 saturated carbocycles. The van der Waals surface area contributed by atoms with Gasteiger partial charge in [0, 0.05) is 23.4 Å². The van der Waals surface area contributed by atoms with Crippen molar-refractivity contribution in [2.75, 3.05) is 6.61 Å². The molecule has 0 aliphatic rings. The molecule has 0 spiro atoms. The molecule has 1 N–H and O–H groups in total. The summed E-state index contributed by atoms with van der Waals surface area (Å²) >= 11 is 1.75. The molecule has 2 nitrogen and oxygen atoms in total. The van der Waals surface area contributed by atoms with Gasteiger partial charge in [-0.25, -0.2) is 0 Å². The van der Waals surface area contributed by atoms with E-state index in [1.54, 1.807) is 24.2 Å². The average molecular weight is 183 g/mol. The van der Waals surface area contributed by atoms with Gasteiger partial charge < -0.3 is 5.11 Å².